The summed E-state index contributed by atoms with van der Waals surface area (Å²) in [5.41, 5.74) is 3.47. The monoisotopic (exact) mass is 398 g/mol. The molecule has 1 N–H and O–H groups in total. The summed E-state index contributed by atoms with van der Waals surface area (Å²) in [7, 11) is 0. The van der Waals surface area contributed by atoms with Crippen LogP contribution in [0.2, 0.25) is 0 Å². The molecule has 0 saturated carbocycles. The highest BCUT2D eigenvalue weighted by Crippen LogP contribution is 2.13. The van der Waals surface area contributed by atoms with Gasteiger partial charge in [-0.05, 0) is 60.8 Å². The molecule has 0 spiro atoms. The molecule has 2 aromatic rings. The van der Waals surface area contributed by atoms with Crippen molar-refractivity contribution in [2.24, 2.45) is 0 Å². The molecule has 4 heteroatoms. The van der Waals surface area contributed by atoms with Crippen molar-refractivity contribution in [1.82, 2.24) is 10.2 Å². The van der Waals surface area contributed by atoms with Crippen LogP contribution < -0.4 is 5.32 Å². The maximum atomic E-state index is 11.9. The molecule has 25 heavy (non-hydrogen) atoms. The van der Waals surface area contributed by atoms with Crippen LogP contribution in [0, 0.1) is 0 Å². The summed E-state index contributed by atoms with van der Waals surface area (Å²) in [6.07, 6.45) is 6.03. The van der Waals surface area contributed by atoms with Gasteiger partial charge < -0.3 is 5.32 Å². The minimum Gasteiger partial charge on any atom is -0.348 e. The first kappa shape index (κ1) is 17.9. The molecule has 130 valence electrons. The van der Waals surface area contributed by atoms with E-state index >= 15 is 0 Å². The third-order valence-electron chi connectivity index (χ3n) is 4.39. The maximum absolute atomic E-state index is 11.9. The summed E-state index contributed by atoms with van der Waals surface area (Å²) >= 11 is 3.40. The van der Waals surface area contributed by atoms with Gasteiger partial charge in [-0.2, -0.15) is 0 Å². The fourth-order valence-corrected chi connectivity index (χ4v) is 3.22. The van der Waals surface area contributed by atoms with E-state index in [1.807, 2.05) is 30.3 Å². The number of amides is 1. The van der Waals surface area contributed by atoms with Crippen LogP contribution in [0.5, 0.6) is 0 Å². The van der Waals surface area contributed by atoms with Crippen LogP contribution in [-0.4, -0.2) is 23.9 Å². The minimum absolute atomic E-state index is 0.0796. The standard InChI is InChI=1S/C21H23BrN2O/c22-20-10-7-17(8-11-20)9-12-21(25)23-15-18-3-5-19(6-4-18)16-24-13-1-2-14-24/h3-12H,1-2,13-16H2,(H,23,25)/b12-9+. The SMILES string of the molecule is O=C(/C=C/c1ccc(Br)cc1)NCc1ccc(CN2CCCC2)cc1. The maximum Gasteiger partial charge on any atom is 0.244 e. The Labute approximate surface area is 157 Å². The Morgan fingerprint density at radius 3 is 2.32 bits per heavy atom. The lowest BCUT2D eigenvalue weighted by Crippen LogP contribution is -2.20. The molecule has 0 aliphatic carbocycles. The Morgan fingerprint density at radius 1 is 1.00 bits per heavy atom. The molecular formula is C21H23BrN2O. The van der Waals surface area contributed by atoms with Gasteiger partial charge >= 0.3 is 0 Å². The summed E-state index contributed by atoms with van der Waals surface area (Å²) in [6, 6.07) is 16.4. The van der Waals surface area contributed by atoms with Crippen LogP contribution in [0.3, 0.4) is 0 Å². The molecule has 1 amide bonds. The zero-order chi connectivity index (χ0) is 17.5. The summed E-state index contributed by atoms with van der Waals surface area (Å²) in [5, 5.41) is 2.93. The van der Waals surface area contributed by atoms with Gasteiger partial charge in [0.2, 0.25) is 5.91 Å². The Bertz CT molecular complexity index is 717. The number of likely N-dealkylation sites (tertiary alicyclic amines) is 1. The highest BCUT2D eigenvalue weighted by Gasteiger charge is 2.11. The molecule has 3 nitrogen and oxygen atoms in total. The highest BCUT2D eigenvalue weighted by atomic mass is 79.9. The molecular weight excluding hydrogens is 376 g/mol. The summed E-state index contributed by atoms with van der Waals surface area (Å²) in [4.78, 5) is 14.4. The molecule has 2 aromatic carbocycles. The van der Waals surface area contributed by atoms with Crippen LogP contribution in [0.1, 0.15) is 29.5 Å². The largest absolute Gasteiger partial charge is 0.348 e. The van der Waals surface area contributed by atoms with Crippen molar-refractivity contribution in [1.29, 1.82) is 0 Å². The second-order valence-corrected chi connectivity index (χ2v) is 7.32. The van der Waals surface area contributed by atoms with E-state index in [0.717, 1.165) is 22.1 Å². The second-order valence-electron chi connectivity index (χ2n) is 6.40. The van der Waals surface area contributed by atoms with Crippen molar-refractivity contribution in [3.8, 4) is 0 Å². The van der Waals surface area contributed by atoms with Crippen molar-refractivity contribution < 1.29 is 4.79 Å². The van der Waals surface area contributed by atoms with Gasteiger partial charge in [0.15, 0.2) is 0 Å². The fourth-order valence-electron chi connectivity index (χ4n) is 2.96. The number of benzene rings is 2. The number of hydrogen-bond donors (Lipinski definition) is 1. The Morgan fingerprint density at radius 2 is 1.64 bits per heavy atom. The van der Waals surface area contributed by atoms with Gasteiger partial charge in [0.25, 0.3) is 0 Å². The Balaban J connectivity index is 1.45. The number of carbonyl (C=O) groups is 1. The Kier molecular flexibility index (Phi) is 6.42. The molecule has 0 unspecified atom stereocenters. The average Bonchev–Trinajstić information content (AvgIpc) is 3.14. The van der Waals surface area contributed by atoms with Crippen LogP contribution in [-0.2, 0) is 17.9 Å². The van der Waals surface area contributed by atoms with Gasteiger partial charge in [0.1, 0.15) is 0 Å². The van der Waals surface area contributed by atoms with E-state index in [1.165, 1.54) is 31.5 Å². The van der Waals surface area contributed by atoms with Gasteiger partial charge in [0.05, 0.1) is 0 Å². The lowest BCUT2D eigenvalue weighted by molar-refractivity contribution is -0.116. The predicted octanol–water partition coefficient (Wildman–Crippen LogP) is 4.37. The molecule has 0 radical (unpaired) electrons. The van der Waals surface area contributed by atoms with E-state index < -0.39 is 0 Å². The molecule has 1 aliphatic rings. The number of halogens is 1. The normalized spacial score (nSPS) is 14.9. The number of nitrogens with zero attached hydrogens (tertiary/aromatic N) is 1. The van der Waals surface area contributed by atoms with E-state index in [9.17, 15) is 4.79 Å². The molecule has 0 atom stereocenters. The number of rotatable bonds is 6. The van der Waals surface area contributed by atoms with Gasteiger partial charge in [-0.3, -0.25) is 9.69 Å². The Hall–Kier alpha value is -1.91. The zero-order valence-corrected chi connectivity index (χ0v) is 15.8. The van der Waals surface area contributed by atoms with Gasteiger partial charge in [-0.15, -0.1) is 0 Å². The van der Waals surface area contributed by atoms with Crippen molar-refractivity contribution in [3.05, 3.63) is 75.8 Å². The highest BCUT2D eigenvalue weighted by molar-refractivity contribution is 9.10. The first-order valence-electron chi connectivity index (χ1n) is 8.71. The predicted molar refractivity (Wildman–Crippen MR) is 106 cm³/mol. The van der Waals surface area contributed by atoms with E-state index in [4.69, 9.17) is 0 Å². The second kappa shape index (κ2) is 8.97. The smallest absolute Gasteiger partial charge is 0.244 e. The summed E-state index contributed by atoms with van der Waals surface area (Å²) in [6.45, 7) is 4.00. The van der Waals surface area contributed by atoms with E-state index in [-0.39, 0.29) is 5.91 Å². The van der Waals surface area contributed by atoms with E-state index in [1.54, 1.807) is 6.08 Å². The van der Waals surface area contributed by atoms with Crippen molar-refractivity contribution >= 4 is 27.9 Å². The van der Waals surface area contributed by atoms with Gasteiger partial charge in [-0.25, -0.2) is 0 Å². The fraction of sp³-hybridized carbons (Fsp3) is 0.286. The number of nitrogens with one attached hydrogen (secondary N) is 1. The quantitative estimate of drug-likeness (QED) is 0.732. The van der Waals surface area contributed by atoms with E-state index in [2.05, 4.69) is 50.4 Å². The van der Waals surface area contributed by atoms with E-state index in [0.29, 0.717) is 6.54 Å². The average molecular weight is 399 g/mol. The first-order valence-corrected chi connectivity index (χ1v) is 9.50. The third kappa shape index (κ3) is 5.83. The third-order valence-corrected chi connectivity index (χ3v) is 4.92. The lowest BCUT2D eigenvalue weighted by Gasteiger charge is -2.14. The molecule has 0 aromatic heterocycles. The van der Waals surface area contributed by atoms with Crippen molar-refractivity contribution in [2.45, 2.75) is 25.9 Å². The van der Waals surface area contributed by atoms with Crippen molar-refractivity contribution in [2.75, 3.05) is 13.1 Å². The van der Waals surface area contributed by atoms with Crippen LogP contribution in [0.25, 0.3) is 6.08 Å². The zero-order valence-electron chi connectivity index (χ0n) is 14.2. The summed E-state index contributed by atoms with van der Waals surface area (Å²) < 4.78 is 1.03. The molecule has 1 saturated heterocycles. The van der Waals surface area contributed by atoms with Crippen LogP contribution >= 0.6 is 15.9 Å². The van der Waals surface area contributed by atoms with Crippen LogP contribution in [0.4, 0.5) is 0 Å². The topological polar surface area (TPSA) is 32.3 Å². The first-order chi connectivity index (χ1) is 12.2. The molecule has 1 aliphatic heterocycles. The van der Waals surface area contributed by atoms with Crippen LogP contribution in [0.15, 0.2) is 59.1 Å². The minimum atomic E-state index is -0.0796. The molecule has 1 heterocycles. The number of hydrogen-bond acceptors (Lipinski definition) is 2. The molecule has 1 fully saturated rings. The lowest BCUT2D eigenvalue weighted by atomic mass is 10.1. The molecule has 3 rings (SSSR count). The van der Waals surface area contributed by atoms with Gasteiger partial charge in [0, 0.05) is 23.6 Å². The van der Waals surface area contributed by atoms with Gasteiger partial charge in [-0.1, -0.05) is 52.3 Å². The summed E-state index contributed by atoms with van der Waals surface area (Å²) in [5.74, 6) is -0.0796. The number of carbonyl (C=O) groups excluding carboxylic acids is 1. The molecule has 0 bridgehead atoms. The van der Waals surface area contributed by atoms with Crippen molar-refractivity contribution in [3.63, 3.8) is 0 Å².